The molecule has 0 saturated heterocycles. The van der Waals surface area contributed by atoms with E-state index in [1.54, 1.807) is 42.5 Å². The number of hydrogen-bond acceptors (Lipinski definition) is 5. The Morgan fingerprint density at radius 2 is 1.48 bits per heavy atom. The molecule has 3 aromatic rings. The standard InChI is InChI=1S/C21H14N2O6/c24-19(13-5-2-1-3-6-13)14-7-4-8-15(11-14)20(25)22-18-10-9-16(23(28)29)12-17(18)21(26)27/h1-12H,(H,22,25)(H,26,27). The van der Waals surface area contributed by atoms with E-state index in [9.17, 15) is 29.6 Å². The fraction of sp³-hybridized carbons (Fsp3) is 0. The molecule has 0 unspecified atom stereocenters. The highest BCUT2D eigenvalue weighted by Crippen LogP contribution is 2.23. The van der Waals surface area contributed by atoms with Gasteiger partial charge in [0.1, 0.15) is 0 Å². The summed E-state index contributed by atoms with van der Waals surface area (Å²) < 4.78 is 0. The highest BCUT2D eigenvalue weighted by Gasteiger charge is 2.19. The van der Waals surface area contributed by atoms with Gasteiger partial charge in [0.15, 0.2) is 5.78 Å². The highest BCUT2D eigenvalue weighted by molar-refractivity contribution is 6.12. The molecule has 0 saturated carbocycles. The van der Waals surface area contributed by atoms with Crippen molar-refractivity contribution >= 4 is 29.0 Å². The minimum Gasteiger partial charge on any atom is -0.478 e. The summed E-state index contributed by atoms with van der Waals surface area (Å²) in [4.78, 5) is 46.6. The molecule has 8 heteroatoms. The predicted octanol–water partition coefficient (Wildman–Crippen LogP) is 3.78. The van der Waals surface area contributed by atoms with Crippen LogP contribution in [0.1, 0.15) is 36.6 Å². The lowest BCUT2D eigenvalue weighted by molar-refractivity contribution is -0.384. The molecule has 3 aromatic carbocycles. The number of hydrogen-bond donors (Lipinski definition) is 2. The van der Waals surface area contributed by atoms with Crippen molar-refractivity contribution < 1.29 is 24.4 Å². The van der Waals surface area contributed by atoms with Crippen molar-refractivity contribution in [3.05, 3.63) is 105 Å². The van der Waals surface area contributed by atoms with E-state index in [-0.39, 0.29) is 17.0 Å². The topological polar surface area (TPSA) is 127 Å². The van der Waals surface area contributed by atoms with E-state index in [2.05, 4.69) is 5.32 Å². The van der Waals surface area contributed by atoms with Crippen molar-refractivity contribution in [3.8, 4) is 0 Å². The molecule has 0 aliphatic heterocycles. The van der Waals surface area contributed by atoms with Crippen molar-refractivity contribution in [1.29, 1.82) is 0 Å². The molecule has 0 radical (unpaired) electrons. The van der Waals surface area contributed by atoms with Gasteiger partial charge in [0, 0.05) is 28.8 Å². The maximum absolute atomic E-state index is 12.6. The summed E-state index contributed by atoms with van der Waals surface area (Å²) in [6.07, 6.45) is 0. The van der Waals surface area contributed by atoms with Crippen LogP contribution in [0.5, 0.6) is 0 Å². The van der Waals surface area contributed by atoms with Gasteiger partial charge in [0.05, 0.1) is 16.2 Å². The molecule has 8 nitrogen and oxygen atoms in total. The van der Waals surface area contributed by atoms with Crippen LogP contribution >= 0.6 is 0 Å². The number of benzene rings is 3. The van der Waals surface area contributed by atoms with Crippen LogP contribution in [0.2, 0.25) is 0 Å². The lowest BCUT2D eigenvalue weighted by atomic mass is 10.0. The number of rotatable bonds is 6. The number of aromatic carboxylic acids is 1. The van der Waals surface area contributed by atoms with Gasteiger partial charge < -0.3 is 10.4 Å². The molecule has 29 heavy (non-hydrogen) atoms. The molecule has 0 spiro atoms. The van der Waals surface area contributed by atoms with Gasteiger partial charge in [0.2, 0.25) is 0 Å². The van der Waals surface area contributed by atoms with E-state index in [0.717, 1.165) is 18.2 Å². The van der Waals surface area contributed by atoms with E-state index in [0.29, 0.717) is 11.1 Å². The van der Waals surface area contributed by atoms with E-state index in [1.807, 2.05) is 0 Å². The third-order valence-electron chi connectivity index (χ3n) is 4.12. The van der Waals surface area contributed by atoms with Crippen LogP contribution in [-0.4, -0.2) is 27.7 Å². The summed E-state index contributed by atoms with van der Waals surface area (Å²) in [5, 5.41) is 22.5. The fourth-order valence-electron chi connectivity index (χ4n) is 2.68. The van der Waals surface area contributed by atoms with Gasteiger partial charge >= 0.3 is 5.97 Å². The highest BCUT2D eigenvalue weighted by atomic mass is 16.6. The maximum atomic E-state index is 12.6. The number of ketones is 1. The summed E-state index contributed by atoms with van der Waals surface area (Å²) in [6, 6.07) is 17.7. The van der Waals surface area contributed by atoms with Crippen LogP contribution < -0.4 is 5.32 Å². The van der Waals surface area contributed by atoms with Crippen LogP contribution in [0.15, 0.2) is 72.8 Å². The average molecular weight is 390 g/mol. The molecule has 0 atom stereocenters. The molecular weight excluding hydrogens is 376 g/mol. The van der Waals surface area contributed by atoms with Crippen molar-refractivity contribution in [2.45, 2.75) is 0 Å². The summed E-state index contributed by atoms with van der Waals surface area (Å²) in [5.41, 5.74) is -0.00567. The van der Waals surface area contributed by atoms with E-state index < -0.39 is 28.1 Å². The molecule has 1 amide bonds. The van der Waals surface area contributed by atoms with Crippen LogP contribution in [0.25, 0.3) is 0 Å². The number of carbonyl (C=O) groups is 3. The first kappa shape index (κ1) is 19.4. The number of nitro benzene ring substituents is 1. The summed E-state index contributed by atoms with van der Waals surface area (Å²) in [7, 11) is 0. The van der Waals surface area contributed by atoms with Crippen molar-refractivity contribution in [3.63, 3.8) is 0 Å². The number of nitrogens with one attached hydrogen (secondary N) is 1. The second-order valence-electron chi connectivity index (χ2n) is 6.02. The van der Waals surface area contributed by atoms with E-state index in [1.165, 1.54) is 12.1 Å². The molecule has 2 N–H and O–H groups in total. The second kappa shape index (κ2) is 8.13. The van der Waals surface area contributed by atoms with Gasteiger partial charge in [-0.25, -0.2) is 4.79 Å². The SMILES string of the molecule is O=C(Nc1ccc([N+](=O)[O-])cc1C(=O)O)c1cccc(C(=O)c2ccccc2)c1. The van der Waals surface area contributed by atoms with Gasteiger partial charge in [-0.1, -0.05) is 42.5 Å². The number of nitrogens with zero attached hydrogens (tertiary/aromatic N) is 1. The van der Waals surface area contributed by atoms with Gasteiger partial charge in [-0.2, -0.15) is 0 Å². The van der Waals surface area contributed by atoms with Gasteiger partial charge in [-0.05, 0) is 18.2 Å². The molecule has 0 aliphatic carbocycles. The molecule has 0 heterocycles. The lowest BCUT2D eigenvalue weighted by Gasteiger charge is -2.09. The Balaban J connectivity index is 1.88. The van der Waals surface area contributed by atoms with Crippen LogP contribution in [-0.2, 0) is 0 Å². The number of anilines is 1. The Bertz CT molecular complexity index is 1130. The Hall–Kier alpha value is -4.33. The molecule has 0 fully saturated rings. The minimum absolute atomic E-state index is 0.0899. The Kier molecular flexibility index (Phi) is 5.45. The van der Waals surface area contributed by atoms with Crippen LogP contribution in [0.4, 0.5) is 11.4 Å². The number of carbonyl (C=O) groups excluding carboxylic acids is 2. The van der Waals surface area contributed by atoms with Crippen LogP contribution in [0.3, 0.4) is 0 Å². The fourth-order valence-corrected chi connectivity index (χ4v) is 2.68. The van der Waals surface area contributed by atoms with Gasteiger partial charge in [-0.15, -0.1) is 0 Å². The maximum Gasteiger partial charge on any atom is 0.338 e. The molecule has 144 valence electrons. The molecule has 3 rings (SSSR count). The zero-order valence-electron chi connectivity index (χ0n) is 14.9. The third kappa shape index (κ3) is 4.33. The zero-order chi connectivity index (χ0) is 21.0. The normalized spacial score (nSPS) is 10.2. The Morgan fingerprint density at radius 1 is 0.828 bits per heavy atom. The summed E-state index contributed by atoms with van der Waals surface area (Å²) >= 11 is 0. The van der Waals surface area contributed by atoms with Gasteiger partial charge in [-0.3, -0.25) is 19.7 Å². The average Bonchev–Trinajstić information content (AvgIpc) is 2.73. The Morgan fingerprint density at radius 3 is 2.14 bits per heavy atom. The number of amides is 1. The number of carboxylic acid groups (broad SMARTS) is 1. The first-order chi connectivity index (χ1) is 13.9. The van der Waals surface area contributed by atoms with Crippen LogP contribution in [0, 0.1) is 10.1 Å². The zero-order valence-corrected chi connectivity index (χ0v) is 14.9. The first-order valence-electron chi connectivity index (χ1n) is 8.39. The molecular formula is C21H14N2O6. The second-order valence-corrected chi connectivity index (χ2v) is 6.02. The molecule has 0 aromatic heterocycles. The number of non-ortho nitro benzene ring substituents is 1. The lowest BCUT2D eigenvalue weighted by Crippen LogP contribution is -2.15. The third-order valence-corrected chi connectivity index (χ3v) is 4.12. The monoisotopic (exact) mass is 390 g/mol. The smallest absolute Gasteiger partial charge is 0.338 e. The summed E-state index contributed by atoms with van der Waals surface area (Å²) in [6.45, 7) is 0. The Labute approximate surface area is 164 Å². The van der Waals surface area contributed by atoms with Crippen molar-refractivity contribution in [2.24, 2.45) is 0 Å². The number of nitro groups is 1. The molecule has 0 bridgehead atoms. The molecule has 0 aliphatic rings. The first-order valence-corrected chi connectivity index (χ1v) is 8.39. The van der Waals surface area contributed by atoms with Crippen molar-refractivity contribution in [2.75, 3.05) is 5.32 Å². The predicted molar refractivity (Wildman–Crippen MR) is 104 cm³/mol. The number of carboxylic acids is 1. The van der Waals surface area contributed by atoms with E-state index in [4.69, 9.17) is 0 Å². The van der Waals surface area contributed by atoms with Crippen molar-refractivity contribution in [1.82, 2.24) is 0 Å². The van der Waals surface area contributed by atoms with Gasteiger partial charge in [0.25, 0.3) is 11.6 Å². The largest absolute Gasteiger partial charge is 0.478 e. The minimum atomic E-state index is -1.42. The quantitative estimate of drug-likeness (QED) is 0.375. The summed E-state index contributed by atoms with van der Waals surface area (Å²) in [5.74, 6) is -2.33. The van der Waals surface area contributed by atoms with E-state index >= 15 is 0 Å².